The summed E-state index contributed by atoms with van der Waals surface area (Å²) in [5.41, 5.74) is 3.99. The molecule has 1 atom stereocenters. The van der Waals surface area contributed by atoms with Crippen LogP contribution in [-0.2, 0) is 6.42 Å². The maximum absolute atomic E-state index is 13.6. The fourth-order valence-corrected chi connectivity index (χ4v) is 4.96. The summed E-state index contributed by atoms with van der Waals surface area (Å²) in [5.74, 6) is 1.30. The van der Waals surface area contributed by atoms with Crippen molar-refractivity contribution in [1.29, 1.82) is 0 Å². The smallest absolute Gasteiger partial charge is 0.281 e. The van der Waals surface area contributed by atoms with Crippen molar-refractivity contribution in [3.63, 3.8) is 0 Å². The number of hydrogen-bond donors (Lipinski definition) is 2. The third kappa shape index (κ3) is 2.85. The van der Waals surface area contributed by atoms with Crippen LogP contribution in [0, 0.1) is 5.41 Å². The van der Waals surface area contributed by atoms with Gasteiger partial charge in [0.05, 0.1) is 17.2 Å². The summed E-state index contributed by atoms with van der Waals surface area (Å²) in [5, 5.41) is 14.8. The topological polar surface area (TPSA) is 89.4 Å². The monoisotopic (exact) mass is 429 g/mol. The van der Waals surface area contributed by atoms with Crippen LogP contribution >= 0.6 is 0 Å². The third-order valence-electron chi connectivity index (χ3n) is 6.35. The molecule has 2 aromatic carbocycles. The number of rotatable bonds is 2. The number of ether oxygens (including phenoxy) is 2. The number of aromatic amines is 1. The van der Waals surface area contributed by atoms with Gasteiger partial charge < -0.3 is 14.6 Å². The predicted molar refractivity (Wildman–Crippen MR) is 120 cm³/mol. The van der Waals surface area contributed by atoms with Crippen LogP contribution in [0.15, 0.2) is 53.3 Å². The van der Waals surface area contributed by atoms with E-state index in [0.29, 0.717) is 40.9 Å². The van der Waals surface area contributed by atoms with Crippen molar-refractivity contribution in [2.45, 2.75) is 32.8 Å². The molecule has 2 N–H and O–H groups in total. The third-order valence-corrected chi connectivity index (χ3v) is 6.35. The molecule has 0 spiro atoms. The first kappa shape index (κ1) is 19.1. The first-order valence-corrected chi connectivity index (χ1v) is 10.7. The van der Waals surface area contributed by atoms with Crippen molar-refractivity contribution < 1.29 is 14.6 Å². The van der Waals surface area contributed by atoms with Crippen LogP contribution in [-0.4, -0.2) is 26.7 Å². The fourth-order valence-electron chi connectivity index (χ4n) is 4.96. The molecule has 162 valence electrons. The predicted octanol–water partition coefficient (Wildman–Crippen LogP) is 4.12. The van der Waals surface area contributed by atoms with E-state index < -0.39 is 6.10 Å². The number of pyridine rings is 1. The van der Waals surface area contributed by atoms with Gasteiger partial charge in [-0.3, -0.25) is 9.89 Å². The van der Waals surface area contributed by atoms with Crippen LogP contribution in [0.25, 0.3) is 27.8 Å². The van der Waals surface area contributed by atoms with E-state index in [2.05, 4.69) is 18.9 Å². The number of benzene rings is 2. The molecule has 7 nitrogen and oxygen atoms in total. The zero-order valence-electron chi connectivity index (χ0n) is 17.9. The zero-order chi connectivity index (χ0) is 22.0. The van der Waals surface area contributed by atoms with E-state index in [4.69, 9.17) is 14.5 Å². The number of hydrogen-bond acceptors (Lipinski definition) is 5. The van der Waals surface area contributed by atoms with Gasteiger partial charge in [-0.15, -0.1) is 0 Å². The number of nitrogens with one attached hydrogen (secondary N) is 1. The molecule has 1 aliphatic carbocycles. The molecule has 1 unspecified atom stereocenters. The highest BCUT2D eigenvalue weighted by atomic mass is 16.7. The number of nitrogens with zero attached hydrogens (tertiary/aromatic N) is 2. The van der Waals surface area contributed by atoms with Crippen LogP contribution < -0.4 is 15.0 Å². The molecule has 0 amide bonds. The van der Waals surface area contributed by atoms with Crippen molar-refractivity contribution in [1.82, 2.24) is 14.8 Å². The average molecular weight is 429 g/mol. The molecule has 0 fully saturated rings. The number of aliphatic hydroxyl groups is 1. The van der Waals surface area contributed by atoms with E-state index in [1.807, 2.05) is 48.5 Å². The molecule has 0 bridgehead atoms. The number of fused-ring (bicyclic) bond motifs is 3. The molecule has 7 heteroatoms. The Labute approximate surface area is 184 Å². The van der Waals surface area contributed by atoms with Gasteiger partial charge in [0.25, 0.3) is 5.56 Å². The van der Waals surface area contributed by atoms with Crippen molar-refractivity contribution in [3.05, 3.63) is 70.1 Å². The van der Waals surface area contributed by atoms with Crippen LogP contribution in [0.4, 0.5) is 0 Å². The Morgan fingerprint density at radius 2 is 1.91 bits per heavy atom. The SMILES string of the molecule is CC1(C)Cc2nc3[nH]n(-c4ccccc4)c(=O)c3c(-c3ccc4c(c3)OCO4)c2C(O)C1. The summed E-state index contributed by atoms with van der Waals surface area (Å²) in [6.07, 6.45) is 0.596. The lowest BCUT2D eigenvalue weighted by atomic mass is 9.73. The van der Waals surface area contributed by atoms with Gasteiger partial charge in [-0.25, -0.2) is 9.67 Å². The lowest BCUT2D eigenvalue weighted by molar-refractivity contribution is 0.0990. The summed E-state index contributed by atoms with van der Waals surface area (Å²) in [7, 11) is 0. The minimum absolute atomic E-state index is 0.0957. The maximum atomic E-state index is 13.6. The molecule has 32 heavy (non-hydrogen) atoms. The molecule has 6 rings (SSSR count). The molecule has 2 aromatic heterocycles. The normalized spacial score (nSPS) is 18.7. The summed E-state index contributed by atoms with van der Waals surface area (Å²) < 4.78 is 12.6. The van der Waals surface area contributed by atoms with E-state index >= 15 is 0 Å². The van der Waals surface area contributed by atoms with Crippen LogP contribution in [0.2, 0.25) is 0 Å². The lowest BCUT2D eigenvalue weighted by Crippen LogP contribution is -2.27. The Balaban J connectivity index is 1.69. The minimum Gasteiger partial charge on any atom is -0.454 e. The van der Waals surface area contributed by atoms with Gasteiger partial charge in [0, 0.05) is 16.8 Å². The van der Waals surface area contributed by atoms with Gasteiger partial charge in [0.1, 0.15) is 0 Å². The number of aliphatic hydroxyl groups excluding tert-OH is 1. The highest BCUT2D eigenvalue weighted by Crippen LogP contribution is 2.47. The molecule has 0 radical (unpaired) electrons. The zero-order valence-corrected chi connectivity index (χ0v) is 17.9. The summed E-state index contributed by atoms with van der Waals surface area (Å²) in [6, 6.07) is 15.1. The standard InChI is InChI=1S/C25H23N3O4/c1-25(2)11-16-21(17(29)12-25)20(14-8-9-18-19(10-14)32-13-31-18)22-23(26-16)27-28(24(22)30)15-6-4-3-5-7-15/h3-10,17,29H,11-13H2,1-2H3,(H,26,27). The molecule has 4 aromatic rings. The first-order valence-electron chi connectivity index (χ1n) is 10.7. The minimum atomic E-state index is -0.717. The van der Waals surface area contributed by atoms with Crippen molar-refractivity contribution in [3.8, 4) is 28.3 Å². The van der Waals surface area contributed by atoms with Crippen molar-refractivity contribution in [2.24, 2.45) is 5.41 Å². The van der Waals surface area contributed by atoms with Gasteiger partial charge in [-0.2, -0.15) is 0 Å². The number of para-hydroxylation sites is 1. The van der Waals surface area contributed by atoms with Crippen LogP contribution in [0.1, 0.15) is 37.6 Å². The van der Waals surface area contributed by atoms with E-state index in [1.54, 1.807) is 0 Å². The van der Waals surface area contributed by atoms with E-state index in [1.165, 1.54) is 4.68 Å². The molecular formula is C25H23N3O4. The Morgan fingerprint density at radius 3 is 2.72 bits per heavy atom. The van der Waals surface area contributed by atoms with Gasteiger partial charge in [0.15, 0.2) is 17.1 Å². The lowest BCUT2D eigenvalue weighted by Gasteiger charge is -2.35. The summed E-state index contributed by atoms with van der Waals surface area (Å²) >= 11 is 0. The Hall–Kier alpha value is -3.58. The second-order valence-electron chi connectivity index (χ2n) is 9.29. The molecule has 3 heterocycles. The number of aromatic nitrogens is 3. The summed E-state index contributed by atoms with van der Waals surface area (Å²) in [6.45, 7) is 4.43. The van der Waals surface area contributed by atoms with E-state index in [9.17, 15) is 9.90 Å². The Morgan fingerprint density at radius 1 is 1.12 bits per heavy atom. The van der Waals surface area contributed by atoms with E-state index in [0.717, 1.165) is 22.5 Å². The Bertz CT molecular complexity index is 1420. The second-order valence-corrected chi connectivity index (χ2v) is 9.29. The van der Waals surface area contributed by atoms with E-state index in [-0.39, 0.29) is 17.8 Å². The highest BCUT2D eigenvalue weighted by molar-refractivity contribution is 5.95. The molecule has 1 aliphatic heterocycles. The van der Waals surface area contributed by atoms with Crippen LogP contribution in [0.3, 0.4) is 0 Å². The fraction of sp³-hybridized carbons (Fsp3) is 0.280. The quantitative estimate of drug-likeness (QED) is 0.500. The largest absolute Gasteiger partial charge is 0.454 e. The molecule has 2 aliphatic rings. The molecular weight excluding hydrogens is 406 g/mol. The van der Waals surface area contributed by atoms with Crippen molar-refractivity contribution in [2.75, 3.05) is 6.79 Å². The molecule has 0 saturated heterocycles. The number of H-pyrrole nitrogens is 1. The summed E-state index contributed by atoms with van der Waals surface area (Å²) in [4.78, 5) is 18.5. The second kappa shape index (κ2) is 6.71. The average Bonchev–Trinajstić information content (AvgIpc) is 3.36. The van der Waals surface area contributed by atoms with Gasteiger partial charge >= 0.3 is 0 Å². The Kier molecular flexibility index (Phi) is 4.01. The maximum Gasteiger partial charge on any atom is 0.281 e. The van der Waals surface area contributed by atoms with Gasteiger partial charge in [0.2, 0.25) is 6.79 Å². The first-order chi connectivity index (χ1) is 15.4. The van der Waals surface area contributed by atoms with Crippen molar-refractivity contribution >= 4 is 11.0 Å². The molecule has 0 saturated carbocycles. The van der Waals surface area contributed by atoms with Gasteiger partial charge in [-0.05, 0) is 48.1 Å². The van der Waals surface area contributed by atoms with Gasteiger partial charge in [-0.1, -0.05) is 38.1 Å². The van der Waals surface area contributed by atoms with Crippen LogP contribution in [0.5, 0.6) is 11.5 Å². The highest BCUT2D eigenvalue weighted by Gasteiger charge is 2.36.